The molecule has 0 radical (unpaired) electrons. The lowest BCUT2D eigenvalue weighted by molar-refractivity contribution is 0.398. The van der Waals surface area contributed by atoms with E-state index in [-0.39, 0.29) is 5.56 Å². The van der Waals surface area contributed by atoms with Crippen molar-refractivity contribution in [3.05, 3.63) is 40.3 Å². The average Bonchev–Trinajstić information content (AvgIpc) is 3.01. The van der Waals surface area contributed by atoms with Gasteiger partial charge in [-0.1, -0.05) is 18.9 Å². The van der Waals surface area contributed by atoms with Crippen LogP contribution in [0, 0.1) is 0 Å². The molecule has 0 aliphatic heterocycles. The minimum absolute atomic E-state index is 0.124. The van der Waals surface area contributed by atoms with Crippen LogP contribution in [0.1, 0.15) is 37.3 Å². The molecule has 2 aromatic heterocycles. The van der Waals surface area contributed by atoms with E-state index < -0.39 is 0 Å². The van der Waals surface area contributed by atoms with E-state index in [9.17, 15) is 4.79 Å². The molecule has 3 rings (SSSR count). The van der Waals surface area contributed by atoms with E-state index >= 15 is 0 Å². The summed E-state index contributed by atoms with van der Waals surface area (Å²) in [7, 11) is 1.57. The van der Waals surface area contributed by atoms with Crippen LogP contribution in [-0.2, 0) is 0 Å². The fraction of sp³-hybridized carbons (Fsp3) is 0.400. The van der Waals surface area contributed by atoms with Gasteiger partial charge >= 0.3 is 0 Å². The third-order valence-corrected chi connectivity index (χ3v) is 3.71. The van der Waals surface area contributed by atoms with Crippen LogP contribution in [0.3, 0.4) is 0 Å². The molecule has 0 saturated heterocycles. The van der Waals surface area contributed by atoms with Gasteiger partial charge in [0.25, 0.3) is 5.56 Å². The molecule has 0 spiro atoms. The maximum absolute atomic E-state index is 11.8. The normalized spacial score (nSPS) is 15.4. The Labute approximate surface area is 117 Å². The van der Waals surface area contributed by atoms with Gasteiger partial charge in [-0.3, -0.25) is 4.79 Å². The van der Waals surface area contributed by atoms with E-state index in [4.69, 9.17) is 4.74 Å². The minimum Gasteiger partial charge on any atom is -0.481 e. The predicted molar refractivity (Wildman–Crippen MR) is 75.8 cm³/mol. The van der Waals surface area contributed by atoms with Gasteiger partial charge in [-0.25, -0.2) is 9.97 Å². The van der Waals surface area contributed by atoms with Gasteiger partial charge in [0.1, 0.15) is 5.69 Å². The zero-order chi connectivity index (χ0) is 13.9. The first kappa shape index (κ1) is 12.8. The summed E-state index contributed by atoms with van der Waals surface area (Å²) in [6.45, 7) is 0. The van der Waals surface area contributed by atoms with Crippen LogP contribution in [0.4, 0.5) is 0 Å². The largest absolute Gasteiger partial charge is 0.481 e. The molecule has 1 N–H and O–H groups in total. The Bertz CT molecular complexity index is 660. The van der Waals surface area contributed by atoms with E-state index in [1.54, 1.807) is 19.2 Å². The van der Waals surface area contributed by atoms with Gasteiger partial charge in [0, 0.05) is 18.1 Å². The summed E-state index contributed by atoms with van der Waals surface area (Å²) in [6, 6.07) is 7.03. The molecule has 0 amide bonds. The van der Waals surface area contributed by atoms with E-state index in [1.165, 1.54) is 12.8 Å². The maximum atomic E-state index is 11.8. The maximum Gasteiger partial charge on any atom is 0.251 e. The third-order valence-electron chi connectivity index (χ3n) is 3.71. The standard InChI is InChI=1S/C15H17N3O2/c1-20-14-8-4-7-11(16-14)15-17-12(9-13(19)18-15)10-5-2-3-6-10/h4,7-10H,2-3,5-6H2,1H3,(H,17,18,19). The Hall–Kier alpha value is -2.17. The fourth-order valence-electron chi connectivity index (χ4n) is 2.69. The van der Waals surface area contributed by atoms with Crippen molar-refractivity contribution in [3.8, 4) is 17.4 Å². The van der Waals surface area contributed by atoms with Gasteiger partial charge in [-0.05, 0) is 18.9 Å². The van der Waals surface area contributed by atoms with E-state index in [0.29, 0.717) is 23.3 Å². The van der Waals surface area contributed by atoms with Gasteiger partial charge in [-0.15, -0.1) is 0 Å². The number of H-pyrrole nitrogens is 1. The van der Waals surface area contributed by atoms with Crippen molar-refractivity contribution in [2.24, 2.45) is 0 Å². The summed E-state index contributed by atoms with van der Waals surface area (Å²) in [4.78, 5) is 23.5. The number of methoxy groups -OCH3 is 1. The van der Waals surface area contributed by atoms with Crippen LogP contribution in [0.15, 0.2) is 29.1 Å². The summed E-state index contributed by atoms with van der Waals surface area (Å²) in [6.07, 6.45) is 4.65. The number of hydrogen-bond acceptors (Lipinski definition) is 4. The molecule has 0 aromatic carbocycles. The molecule has 1 aliphatic rings. The molecule has 0 atom stereocenters. The van der Waals surface area contributed by atoms with Crippen LogP contribution in [0.2, 0.25) is 0 Å². The molecule has 1 saturated carbocycles. The van der Waals surface area contributed by atoms with Crippen LogP contribution in [-0.4, -0.2) is 22.1 Å². The number of rotatable bonds is 3. The number of aromatic nitrogens is 3. The topological polar surface area (TPSA) is 67.9 Å². The summed E-state index contributed by atoms with van der Waals surface area (Å²) in [5.74, 6) is 1.43. The Kier molecular flexibility index (Phi) is 3.50. The lowest BCUT2D eigenvalue weighted by Crippen LogP contribution is -2.12. The Balaban J connectivity index is 2.02. The van der Waals surface area contributed by atoms with Crippen molar-refractivity contribution >= 4 is 0 Å². The first-order valence-electron chi connectivity index (χ1n) is 6.89. The van der Waals surface area contributed by atoms with Gasteiger partial charge in [0.15, 0.2) is 5.82 Å². The Morgan fingerprint density at radius 2 is 2.05 bits per heavy atom. The van der Waals surface area contributed by atoms with Crippen molar-refractivity contribution in [2.75, 3.05) is 7.11 Å². The molecule has 2 heterocycles. The van der Waals surface area contributed by atoms with Gasteiger partial charge < -0.3 is 9.72 Å². The van der Waals surface area contributed by atoms with Gasteiger partial charge in [0.05, 0.1) is 12.8 Å². The van der Waals surface area contributed by atoms with Crippen LogP contribution < -0.4 is 10.3 Å². The predicted octanol–water partition coefficient (Wildman–Crippen LogP) is 2.50. The molecule has 1 fully saturated rings. The van der Waals surface area contributed by atoms with Crippen molar-refractivity contribution in [1.82, 2.24) is 15.0 Å². The fourth-order valence-corrected chi connectivity index (χ4v) is 2.69. The molecule has 1 aliphatic carbocycles. The Morgan fingerprint density at radius 1 is 1.25 bits per heavy atom. The first-order chi connectivity index (χ1) is 9.76. The number of ether oxygens (including phenoxy) is 1. The highest BCUT2D eigenvalue weighted by Gasteiger charge is 2.20. The van der Waals surface area contributed by atoms with Crippen molar-refractivity contribution in [1.29, 1.82) is 0 Å². The first-order valence-corrected chi connectivity index (χ1v) is 6.89. The van der Waals surface area contributed by atoms with Crippen LogP contribution in [0.5, 0.6) is 5.88 Å². The molecule has 20 heavy (non-hydrogen) atoms. The van der Waals surface area contributed by atoms with Crippen LogP contribution >= 0.6 is 0 Å². The molecule has 104 valence electrons. The molecule has 5 heteroatoms. The highest BCUT2D eigenvalue weighted by atomic mass is 16.5. The molecular formula is C15H17N3O2. The zero-order valence-corrected chi connectivity index (χ0v) is 11.4. The smallest absolute Gasteiger partial charge is 0.251 e. The van der Waals surface area contributed by atoms with Crippen LogP contribution in [0.25, 0.3) is 11.5 Å². The molecule has 5 nitrogen and oxygen atoms in total. The lowest BCUT2D eigenvalue weighted by Gasteiger charge is -2.09. The van der Waals surface area contributed by atoms with Crippen molar-refractivity contribution < 1.29 is 4.74 Å². The highest BCUT2D eigenvalue weighted by molar-refractivity contribution is 5.50. The van der Waals surface area contributed by atoms with Gasteiger partial charge in [-0.2, -0.15) is 0 Å². The molecule has 0 bridgehead atoms. The second kappa shape index (κ2) is 5.45. The molecule has 2 aromatic rings. The SMILES string of the molecule is COc1cccc(-c2nc(C3CCCC3)cc(=O)[nH]2)n1. The summed E-state index contributed by atoms with van der Waals surface area (Å²) >= 11 is 0. The van der Waals surface area contributed by atoms with Crippen molar-refractivity contribution in [2.45, 2.75) is 31.6 Å². The number of aromatic amines is 1. The van der Waals surface area contributed by atoms with Crippen molar-refractivity contribution in [3.63, 3.8) is 0 Å². The quantitative estimate of drug-likeness (QED) is 0.931. The number of nitrogens with zero attached hydrogens (tertiary/aromatic N) is 2. The molecular weight excluding hydrogens is 254 g/mol. The summed E-state index contributed by atoms with van der Waals surface area (Å²) in [5, 5.41) is 0. The molecule has 0 unspecified atom stereocenters. The lowest BCUT2D eigenvalue weighted by atomic mass is 10.0. The number of pyridine rings is 1. The number of nitrogens with one attached hydrogen (secondary N) is 1. The average molecular weight is 271 g/mol. The van der Waals surface area contributed by atoms with E-state index in [1.807, 2.05) is 12.1 Å². The second-order valence-electron chi connectivity index (χ2n) is 5.07. The second-order valence-corrected chi connectivity index (χ2v) is 5.07. The number of hydrogen-bond donors (Lipinski definition) is 1. The summed E-state index contributed by atoms with van der Waals surface area (Å²) in [5.41, 5.74) is 1.38. The Morgan fingerprint density at radius 3 is 2.80 bits per heavy atom. The minimum atomic E-state index is -0.124. The summed E-state index contributed by atoms with van der Waals surface area (Å²) < 4.78 is 5.11. The van der Waals surface area contributed by atoms with E-state index in [2.05, 4.69) is 15.0 Å². The monoisotopic (exact) mass is 271 g/mol. The third kappa shape index (κ3) is 2.57. The van der Waals surface area contributed by atoms with E-state index in [0.717, 1.165) is 18.5 Å². The highest BCUT2D eigenvalue weighted by Crippen LogP contribution is 2.32. The zero-order valence-electron chi connectivity index (χ0n) is 11.4. The van der Waals surface area contributed by atoms with Gasteiger partial charge in [0.2, 0.25) is 5.88 Å².